The quantitative estimate of drug-likeness (QED) is 0.774. The van der Waals surface area contributed by atoms with E-state index in [9.17, 15) is 0 Å². The highest BCUT2D eigenvalue weighted by atomic mass is 32.2. The van der Waals surface area contributed by atoms with E-state index in [1.807, 2.05) is 36.0 Å². The van der Waals surface area contributed by atoms with Crippen molar-refractivity contribution in [2.75, 3.05) is 0 Å². The minimum absolute atomic E-state index is 0.141. The lowest BCUT2D eigenvalue weighted by atomic mass is 10.1. The van der Waals surface area contributed by atoms with Gasteiger partial charge in [-0.15, -0.1) is 0 Å². The van der Waals surface area contributed by atoms with E-state index in [1.54, 1.807) is 18.0 Å². The molecule has 0 spiro atoms. The van der Waals surface area contributed by atoms with Crippen LogP contribution in [0.3, 0.4) is 0 Å². The number of benzene rings is 1. The first-order chi connectivity index (χ1) is 8.31. The lowest BCUT2D eigenvalue weighted by Gasteiger charge is -2.13. The molecule has 0 saturated heterocycles. The zero-order chi connectivity index (χ0) is 12.1. The highest BCUT2D eigenvalue weighted by Crippen LogP contribution is 2.36. The summed E-state index contributed by atoms with van der Waals surface area (Å²) in [7, 11) is 1.96. The monoisotopic (exact) mass is 243 g/mol. The molecule has 0 saturated carbocycles. The molecule has 1 unspecified atom stereocenters. The number of aromatic nitrogens is 2. The van der Waals surface area contributed by atoms with Gasteiger partial charge in [-0.1, -0.05) is 42.1 Å². The predicted octanol–water partition coefficient (Wildman–Crippen LogP) is 3.17. The summed E-state index contributed by atoms with van der Waals surface area (Å²) in [5.41, 5.74) is 1.17. The van der Waals surface area contributed by atoms with E-state index in [4.69, 9.17) is 5.26 Å². The fraction of sp³-hybridized carbons (Fsp3) is 0.231. The molecule has 17 heavy (non-hydrogen) atoms. The molecule has 2 rings (SSSR count). The van der Waals surface area contributed by atoms with Crippen LogP contribution in [-0.4, -0.2) is 9.55 Å². The van der Waals surface area contributed by atoms with Gasteiger partial charge >= 0.3 is 0 Å². The minimum atomic E-state index is 0.141. The number of aryl methyl sites for hydroxylation is 1. The molecule has 86 valence electrons. The van der Waals surface area contributed by atoms with Crippen LogP contribution in [-0.2, 0) is 7.05 Å². The molecule has 3 nitrogen and oxygen atoms in total. The predicted molar refractivity (Wildman–Crippen MR) is 68.5 cm³/mol. The third-order valence-corrected chi connectivity index (χ3v) is 3.80. The Morgan fingerprint density at radius 3 is 2.76 bits per heavy atom. The van der Waals surface area contributed by atoms with Crippen molar-refractivity contribution >= 4 is 11.8 Å². The van der Waals surface area contributed by atoms with E-state index in [-0.39, 0.29) is 5.25 Å². The second-order valence-electron chi connectivity index (χ2n) is 3.70. The van der Waals surface area contributed by atoms with Gasteiger partial charge in [-0.05, 0) is 5.56 Å². The highest BCUT2D eigenvalue weighted by molar-refractivity contribution is 7.99. The molecule has 2 aromatic rings. The van der Waals surface area contributed by atoms with Crippen LogP contribution in [0.4, 0.5) is 0 Å². The van der Waals surface area contributed by atoms with Gasteiger partial charge in [-0.3, -0.25) is 0 Å². The molecular weight excluding hydrogens is 230 g/mol. The van der Waals surface area contributed by atoms with Gasteiger partial charge in [0.2, 0.25) is 0 Å². The summed E-state index contributed by atoms with van der Waals surface area (Å²) in [5, 5.41) is 9.99. The summed E-state index contributed by atoms with van der Waals surface area (Å²) < 4.78 is 1.97. The number of rotatable bonds is 4. The Labute approximate surface area is 105 Å². The van der Waals surface area contributed by atoms with Crippen molar-refractivity contribution in [3.63, 3.8) is 0 Å². The number of imidazole rings is 1. The van der Waals surface area contributed by atoms with Crippen LogP contribution in [0.25, 0.3) is 0 Å². The maximum atomic E-state index is 8.91. The molecule has 0 aliphatic rings. The van der Waals surface area contributed by atoms with Crippen molar-refractivity contribution in [2.45, 2.75) is 16.8 Å². The van der Waals surface area contributed by atoms with Crippen LogP contribution < -0.4 is 0 Å². The molecular formula is C13H13N3S. The van der Waals surface area contributed by atoms with E-state index in [1.165, 1.54) is 5.56 Å². The Morgan fingerprint density at radius 1 is 1.41 bits per heavy atom. The zero-order valence-electron chi connectivity index (χ0n) is 9.58. The third kappa shape index (κ3) is 2.89. The zero-order valence-corrected chi connectivity index (χ0v) is 10.4. The smallest absolute Gasteiger partial charge is 0.168 e. The largest absolute Gasteiger partial charge is 0.329 e. The minimum Gasteiger partial charge on any atom is -0.329 e. The van der Waals surface area contributed by atoms with E-state index in [0.29, 0.717) is 6.42 Å². The number of nitriles is 1. The van der Waals surface area contributed by atoms with Crippen LogP contribution in [0, 0.1) is 11.3 Å². The molecule has 0 fully saturated rings. The van der Waals surface area contributed by atoms with Crippen LogP contribution >= 0.6 is 11.8 Å². The van der Waals surface area contributed by atoms with Crippen LogP contribution in [0.15, 0.2) is 47.9 Å². The first-order valence-electron chi connectivity index (χ1n) is 5.37. The Morgan fingerprint density at radius 2 is 2.18 bits per heavy atom. The lowest BCUT2D eigenvalue weighted by molar-refractivity contribution is 0.784. The summed E-state index contributed by atoms with van der Waals surface area (Å²) >= 11 is 1.63. The molecule has 0 bridgehead atoms. The second-order valence-corrected chi connectivity index (χ2v) is 4.87. The molecule has 0 aliphatic heterocycles. The Kier molecular flexibility index (Phi) is 3.84. The van der Waals surface area contributed by atoms with E-state index >= 15 is 0 Å². The van der Waals surface area contributed by atoms with Crippen molar-refractivity contribution < 1.29 is 0 Å². The van der Waals surface area contributed by atoms with Crippen LogP contribution in [0.2, 0.25) is 0 Å². The summed E-state index contributed by atoms with van der Waals surface area (Å²) in [5.74, 6) is 0. The molecule has 1 aromatic carbocycles. The SMILES string of the molecule is Cn1ccnc1SC(CC#N)c1ccccc1. The number of hydrogen-bond donors (Lipinski definition) is 0. The van der Waals surface area contributed by atoms with Gasteiger partial charge in [-0.25, -0.2) is 4.98 Å². The van der Waals surface area contributed by atoms with E-state index in [2.05, 4.69) is 23.2 Å². The molecule has 0 radical (unpaired) electrons. The Bertz CT molecular complexity index is 513. The van der Waals surface area contributed by atoms with E-state index < -0.39 is 0 Å². The van der Waals surface area contributed by atoms with Gasteiger partial charge in [0.05, 0.1) is 17.7 Å². The van der Waals surface area contributed by atoms with Gasteiger partial charge in [0.1, 0.15) is 0 Å². The van der Waals surface area contributed by atoms with Crippen molar-refractivity contribution in [2.24, 2.45) is 7.05 Å². The molecule has 1 heterocycles. The van der Waals surface area contributed by atoms with E-state index in [0.717, 1.165) is 5.16 Å². The Hall–Kier alpha value is -1.73. The summed E-state index contributed by atoms with van der Waals surface area (Å²) in [6, 6.07) is 12.3. The van der Waals surface area contributed by atoms with Gasteiger partial charge < -0.3 is 4.57 Å². The molecule has 1 aromatic heterocycles. The number of thioether (sulfide) groups is 1. The summed E-state index contributed by atoms with van der Waals surface area (Å²) in [4.78, 5) is 4.28. The maximum Gasteiger partial charge on any atom is 0.168 e. The average molecular weight is 243 g/mol. The summed E-state index contributed by atoms with van der Waals surface area (Å²) in [6.07, 6.45) is 4.18. The number of hydrogen-bond acceptors (Lipinski definition) is 3. The first kappa shape index (κ1) is 11.7. The van der Waals surface area contributed by atoms with Crippen LogP contribution in [0.1, 0.15) is 17.2 Å². The normalized spacial score (nSPS) is 12.0. The fourth-order valence-corrected chi connectivity index (χ4v) is 2.63. The molecule has 1 atom stereocenters. The van der Waals surface area contributed by atoms with Gasteiger partial charge in [0, 0.05) is 19.4 Å². The van der Waals surface area contributed by atoms with Crippen molar-refractivity contribution in [1.29, 1.82) is 5.26 Å². The second kappa shape index (κ2) is 5.55. The maximum absolute atomic E-state index is 8.91. The third-order valence-electron chi connectivity index (χ3n) is 2.47. The standard InChI is InChI=1S/C13H13N3S/c1-16-10-9-15-13(16)17-12(7-8-14)11-5-3-2-4-6-11/h2-6,9-10,12H,7H2,1H3. The van der Waals surface area contributed by atoms with Crippen LogP contribution in [0.5, 0.6) is 0 Å². The molecule has 0 amide bonds. The van der Waals surface area contributed by atoms with Crippen molar-refractivity contribution in [1.82, 2.24) is 9.55 Å². The molecule has 0 aliphatic carbocycles. The van der Waals surface area contributed by atoms with Gasteiger partial charge in [-0.2, -0.15) is 5.26 Å². The van der Waals surface area contributed by atoms with Gasteiger partial charge in [0.25, 0.3) is 0 Å². The molecule has 0 N–H and O–H groups in total. The number of nitrogens with zero attached hydrogens (tertiary/aromatic N) is 3. The van der Waals surface area contributed by atoms with Gasteiger partial charge in [0.15, 0.2) is 5.16 Å². The summed E-state index contributed by atoms with van der Waals surface area (Å²) in [6.45, 7) is 0. The molecule has 4 heteroatoms. The fourth-order valence-electron chi connectivity index (χ4n) is 1.57. The topological polar surface area (TPSA) is 41.6 Å². The Balaban J connectivity index is 2.20. The average Bonchev–Trinajstić information content (AvgIpc) is 2.76. The van der Waals surface area contributed by atoms with Crippen molar-refractivity contribution in [3.05, 3.63) is 48.3 Å². The highest BCUT2D eigenvalue weighted by Gasteiger charge is 2.14. The van der Waals surface area contributed by atoms with Crippen molar-refractivity contribution in [3.8, 4) is 6.07 Å². The lowest BCUT2D eigenvalue weighted by Crippen LogP contribution is -1.96. The first-order valence-corrected chi connectivity index (χ1v) is 6.25.